The summed E-state index contributed by atoms with van der Waals surface area (Å²) < 4.78 is 22.3. The molecule has 59 heavy (non-hydrogen) atoms. The van der Waals surface area contributed by atoms with Crippen LogP contribution in [0, 0.1) is 23.8 Å². The lowest BCUT2D eigenvalue weighted by Crippen LogP contribution is -2.50. The number of hydrogen-bond donors (Lipinski definition) is 6. The number of carbonyl (C=O) groups is 4. The number of nitrogens with one attached hydrogen (secondary N) is 1. The van der Waals surface area contributed by atoms with Crippen molar-refractivity contribution < 1.29 is 48.0 Å². The molecule has 0 fully saturated rings. The van der Waals surface area contributed by atoms with Gasteiger partial charge in [-0.25, -0.2) is 19.6 Å². The molecule has 0 bridgehead atoms. The van der Waals surface area contributed by atoms with Crippen molar-refractivity contribution in [3.05, 3.63) is 82.5 Å². The van der Waals surface area contributed by atoms with Crippen LogP contribution in [0.2, 0.25) is 5.02 Å². The SMILES string of the molecule is [C-]#[N+]c1c(N)nc(SCc2coc(-c3ccc(Cl)cc3)n2)c(C#N)c1-c1ccc(OC[C@@H](COC(=O)[C@H](C)CC(=O)[C@@H](N)CO)OC(=O)[C@H](C)NC(=O)[C@@H](N)CO)cc1. The van der Waals surface area contributed by atoms with Crippen molar-refractivity contribution in [2.24, 2.45) is 17.4 Å². The largest absolute Gasteiger partial charge is 0.490 e. The number of esters is 2. The highest BCUT2D eigenvalue weighted by Crippen LogP contribution is 2.42. The Hall–Kier alpha value is -6.06. The summed E-state index contributed by atoms with van der Waals surface area (Å²) in [6.45, 7) is 8.42. The molecular formula is C39H41ClN8O10S. The molecule has 18 nitrogen and oxygen atoms in total. The third kappa shape index (κ3) is 12.5. The van der Waals surface area contributed by atoms with Gasteiger partial charge in [-0.15, -0.1) is 0 Å². The number of anilines is 1. The Bertz CT molecular complexity index is 2210. The topological polar surface area (TPSA) is 294 Å². The number of carbonyl (C=O) groups excluding carboxylic acids is 4. The molecule has 4 aromatic rings. The first-order valence-corrected chi connectivity index (χ1v) is 19.2. The number of aliphatic hydroxyl groups excluding tert-OH is 2. The highest BCUT2D eigenvalue weighted by molar-refractivity contribution is 7.98. The molecule has 2 heterocycles. The Kier molecular flexibility index (Phi) is 16.7. The number of benzene rings is 2. The minimum atomic E-state index is -1.28. The van der Waals surface area contributed by atoms with Gasteiger partial charge >= 0.3 is 11.9 Å². The summed E-state index contributed by atoms with van der Waals surface area (Å²) in [7, 11) is 0. The molecule has 2 aromatic heterocycles. The smallest absolute Gasteiger partial charge is 0.328 e. The monoisotopic (exact) mass is 848 g/mol. The van der Waals surface area contributed by atoms with Crippen molar-refractivity contribution >= 4 is 58.5 Å². The van der Waals surface area contributed by atoms with Crippen LogP contribution < -0.4 is 27.3 Å². The number of aromatic nitrogens is 2. The number of halogens is 1. The number of rotatable bonds is 20. The summed E-state index contributed by atoms with van der Waals surface area (Å²) >= 11 is 7.17. The number of ketones is 1. The highest BCUT2D eigenvalue weighted by atomic mass is 35.5. The van der Waals surface area contributed by atoms with Gasteiger partial charge in [-0.3, -0.25) is 14.4 Å². The standard InChI is InChI=1S/C39H41ClN8O10S/c1-20(12-31(51)29(42)14-49)38(53)57-18-27(58-39(54)21(2)46-35(52)30(43)15-50)17-55-26-10-6-22(7-11-26)32-28(13-41)37(48-34(44)33(32)45-3)59-19-25-16-56-36(47-25)23-4-8-24(40)9-5-23/h4-11,16,20-21,27,29-30,49-50H,12,14-15,17-19,42-43H2,1-2H3,(H2,44,48)(H,46,52)/t20-,21+,27+,29+,30+/m1/s1. The zero-order valence-electron chi connectivity index (χ0n) is 31.8. The Morgan fingerprint density at radius 3 is 2.29 bits per heavy atom. The molecular weight excluding hydrogens is 808 g/mol. The van der Waals surface area contributed by atoms with Crippen LogP contribution in [-0.4, -0.2) is 94.5 Å². The van der Waals surface area contributed by atoms with Crippen LogP contribution in [-0.2, 0) is 34.4 Å². The van der Waals surface area contributed by atoms with E-state index in [0.29, 0.717) is 22.2 Å². The normalized spacial score (nSPS) is 13.4. The highest BCUT2D eigenvalue weighted by Gasteiger charge is 2.28. The van der Waals surface area contributed by atoms with E-state index in [9.17, 15) is 24.4 Å². The number of hydrogen-bond acceptors (Lipinski definition) is 17. The van der Waals surface area contributed by atoms with Crippen molar-refractivity contribution in [1.29, 1.82) is 5.26 Å². The number of ether oxygens (including phenoxy) is 3. The summed E-state index contributed by atoms with van der Waals surface area (Å²) in [4.78, 5) is 62.3. The van der Waals surface area contributed by atoms with Gasteiger partial charge in [-0.1, -0.05) is 42.4 Å². The third-order valence-corrected chi connectivity index (χ3v) is 9.69. The van der Waals surface area contributed by atoms with Crippen LogP contribution in [0.3, 0.4) is 0 Å². The summed E-state index contributed by atoms with van der Waals surface area (Å²) in [5.41, 5.74) is 19.3. The summed E-state index contributed by atoms with van der Waals surface area (Å²) in [6, 6.07) is 11.7. The first kappa shape index (κ1) is 45.6. The van der Waals surface area contributed by atoms with Crippen LogP contribution in [0.25, 0.3) is 27.4 Å². The van der Waals surface area contributed by atoms with Gasteiger partial charge in [0, 0.05) is 28.3 Å². The fourth-order valence-corrected chi connectivity index (χ4v) is 6.12. The quantitative estimate of drug-likeness (QED) is 0.0423. The van der Waals surface area contributed by atoms with E-state index in [0.717, 1.165) is 5.56 Å². The molecule has 0 aliphatic heterocycles. The van der Waals surface area contributed by atoms with Crippen molar-refractivity contribution in [3.63, 3.8) is 0 Å². The fraction of sp³-hybridized carbons (Fsp3) is 0.333. The number of thioether (sulfide) groups is 1. The number of nitriles is 1. The first-order chi connectivity index (χ1) is 28.2. The molecule has 9 N–H and O–H groups in total. The zero-order chi connectivity index (χ0) is 43.2. The zero-order valence-corrected chi connectivity index (χ0v) is 33.4. The van der Waals surface area contributed by atoms with Crippen LogP contribution in [0.5, 0.6) is 5.75 Å². The number of aliphatic hydroxyl groups is 2. The van der Waals surface area contributed by atoms with Gasteiger partial charge in [-0.05, 0) is 48.9 Å². The predicted octanol–water partition coefficient (Wildman–Crippen LogP) is 2.93. The summed E-state index contributed by atoms with van der Waals surface area (Å²) in [5.74, 6) is -3.26. The maximum atomic E-state index is 12.9. The van der Waals surface area contributed by atoms with Crippen LogP contribution in [0.4, 0.5) is 11.5 Å². The Labute approximate surface area is 347 Å². The molecule has 0 saturated carbocycles. The van der Waals surface area contributed by atoms with Gasteiger partial charge in [0.2, 0.25) is 17.5 Å². The van der Waals surface area contributed by atoms with Gasteiger partial charge < -0.3 is 51.4 Å². The molecule has 0 saturated heterocycles. The summed E-state index contributed by atoms with van der Waals surface area (Å²) in [6.07, 6.45) is -0.0468. The van der Waals surface area contributed by atoms with Crippen molar-refractivity contribution in [2.45, 2.75) is 55.3 Å². The number of nitrogens with two attached hydrogens (primary N) is 3. The molecule has 20 heteroatoms. The Balaban J connectivity index is 1.50. The van der Waals surface area contributed by atoms with E-state index >= 15 is 0 Å². The fourth-order valence-electron chi connectivity index (χ4n) is 5.12. The van der Waals surface area contributed by atoms with Crippen molar-refractivity contribution in [3.8, 4) is 34.4 Å². The predicted molar refractivity (Wildman–Crippen MR) is 214 cm³/mol. The van der Waals surface area contributed by atoms with Gasteiger partial charge in [0.05, 0.1) is 43.0 Å². The molecule has 0 radical (unpaired) electrons. The van der Waals surface area contributed by atoms with Crippen LogP contribution in [0.15, 0.2) is 64.2 Å². The molecule has 2 aromatic carbocycles. The first-order valence-electron chi connectivity index (χ1n) is 17.8. The molecule has 0 aliphatic rings. The van der Waals surface area contributed by atoms with Crippen LogP contribution in [0.1, 0.15) is 31.5 Å². The Morgan fingerprint density at radius 1 is 1.00 bits per heavy atom. The van der Waals surface area contributed by atoms with Gasteiger partial charge in [0.1, 0.15) is 54.2 Å². The van der Waals surface area contributed by atoms with E-state index in [4.69, 9.17) is 64.2 Å². The molecule has 310 valence electrons. The molecule has 0 spiro atoms. The van der Waals surface area contributed by atoms with Gasteiger partial charge in [0.25, 0.3) is 0 Å². The van der Waals surface area contributed by atoms with Crippen molar-refractivity contribution in [2.75, 3.05) is 32.2 Å². The number of nitrogen functional groups attached to an aromatic ring is 1. The number of amides is 1. The second-order valence-corrected chi connectivity index (χ2v) is 14.4. The van der Waals surface area contributed by atoms with E-state index < -0.39 is 73.6 Å². The third-order valence-electron chi connectivity index (χ3n) is 8.43. The lowest BCUT2D eigenvalue weighted by molar-refractivity contribution is -0.164. The second kappa shape index (κ2) is 21.6. The maximum Gasteiger partial charge on any atom is 0.328 e. The minimum absolute atomic E-state index is 0.0322. The Morgan fingerprint density at radius 2 is 1.66 bits per heavy atom. The second-order valence-electron chi connectivity index (χ2n) is 13.0. The number of oxazole rings is 1. The lowest BCUT2D eigenvalue weighted by Gasteiger charge is -2.22. The molecule has 0 unspecified atom stereocenters. The average molecular weight is 849 g/mol. The maximum absolute atomic E-state index is 12.9. The van der Waals surface area contributed by atoms with E-state index in [1.165, 1.54) is 44.0 Å². The van der Waals surface area contributed by atoms with E-state index in [2.05, 4.69) is 26.2 Å². The van der Waals surface area contributed by atoms with Crippen LogP contribution >= 0.6 is 23.4 Å². The molecule has 1 amide bonds. The van der Waals surface area contributed by atoms with Gasteiger partial charge in [0.15, 0.2) is 11.9 Å². The molecule has 4 rings (SSSR count). The lowest BCUT2D eigenvalue weighted by atomic mass is 10.00. The molecule has 0 aliphatic carbocycles. The average Bonchev–Trinajstić information content (AvgIpc) is 3.72. The number of pyridine rings is 1. The number of Topliss-reactive ketones (excluding diaryl/α,β-unsaturated/α-hetero) is 1. The van der Waals surface area contributed by atoms with E-state index in [1.807, 2.05) is 0 Å². The van der Waals surface area contributed by atoms with E-state index in [1.54, 1.807) is 36.4 Å². The number of nitrogens with zero attached hydrogens (tertiary/aromatic N) is 4. The molecule has 5 atom stereocenters. The summed E-state index contributed by atoms with van der Waals surface area (Å²) in [5, 5.41) is 31.7. The van der Waals surface area contributed by atoms with Crippen molar-refractivity contribution in [1.82, 2.24) is 15.3 Å². The van der Waals surface area contributed by atoms with Gasteiger partial charge in [-0.2, -0.15) is 5.26 Å². The minimum Gasteiger partial charge on any atom is -0.490 e. The van der Waals surface area contributed by atoms with E-state index in [-0.39, 0.29) is 52.2 Å².